The molecule has 2 rings (SSSR count). The molecule has 1 saturated heterocycles. The van der Waals surface area contributed by atoms with E-state index in [1.54, 1.807) is 0 Å². The molecule has 1 aromatic heterocycles. The summed E-state index contributed by atoms with van der Waals surface area (Å²) in [7, 11) is 0. The molecule has 1 atom stereocenters. The van der Waals surface area contributed by atoms with Crippen molar-refractivity contribution in [2.24, 2.45) is 0 Å². The Morgan fingerprint density at radius 3 is 2.70 bits per heavy atom. The topological polar surface area (TPSA) is 33.1 Å². The second-order valence-electron chi connectivity index (χ2n) is 6.19. The van der Waals surface area contributed by atoms with Gasteiger partial charge in [-0.05, 0) is 39.7 Å². The smallest absolute Gasteiger partial charge is 0.105 e. The molecule has 1 N–H and O–H groups in total. The number of aromatic nitrogens is 2. The Labute approximate surface area is 123 Å². The summed E-state index contributed by atoms with van der Waals surface area (Å²) in [6.45, 7) is 13.5. The van der Waals surface area contributed by atoms with Crippen molar-refractivity contribution in [2.75, 3.05) is 19.6 Å². The lowest BCUT2D eigenvalue weighted by Crippen LogP contribution is -2.51. The van der Waals surface area contributed by atoms with Crippen molar-refractivity contribution in [3.05, 3.63) is 18.2 Å². The molecule has 1 fully saturated rings. The predicted molar refractivity (Wildman–Crippen MR) is 83.9 cm³/mol. The molecule has 0 amide bonds. The first kappa shape index (κ1) is 15.5. The minimum Gasteiger partial charge on any atom is -0.334 e. The molecule has 0 aromatic carbocycles. The molecule has 0 bridgehead atoms. The van der Waals surface area contributed by atoms with Crippen LogP contribution in [-0.4, -0.2) is 45.7 Å². The molecule has 4 heteroatoms. The van der Waals surface area contributed by atoms with E-state index in [0.29, 0.717) is 11.6 Å². The minimum absolute atomic E-state index is 0.300. The first-order chi connectivity index (χ1) is 9.60. The van der Waals surface area contributed by atoms with E-state index >= 15 is 0 Å². The van der Waals surface area contributed by atoms with Crippen LogP contribution in [0.3, 0.4) is 0 Å². The molecule has 1 aliphatic heterocycles. The second-order valence-corrected chi connectivity index (χ2v) is 6.19. The van der Waals surface area contributed by atoms with E-state index in [1.807, 2.05) is 6.20 Å². The largest absolute Gasteiger partial charge is 0.334 e. The van der Waals surface area contributed by atoms with Crippen molar-refractivity contribution in [1.82, 2.24) is 19.8 Å². The second kappa shape index (κ2) is 6.72. The van der Waals surface area contributed by atoms with Gasteiger partial charge in [-0.15, -0.1) is 0 Å². The molecule has 4 nitrogen and oxygen atoms in total. The Morgan fingerprint density at radius 2 is 2.10 bits per heavy atom. The maximum Gasteiger partial charge on any atom is 0.105 e. The number of hydrogen-bond acceptors (Lipinski definition) is 3. The average molecular weight is 278 g/mol. The van der Waals surface area contributed by atoms with Crippen molar-refractivity contribution < 1.29 is 0 Å². The van der Waals surface area contributed by atoms with Gasteiger partial charge >= 0.3 is 0 Å². The van der Waals surface area contributed by atoms with Crippen molar-refractivity contribution >= 4 is 0 Å². The van der Waals surface area contributed by atoms with Crippen LogP contribution in [0.5, 0.6) is 0 Å². The molecule has 0 saturated carbocycles. The number of rotatable bonds is 5. The lowest BCUT2D eigenvalue weighted by molar-refractivity contribution is 0.154. The van der Waals surface area contributed by atoms with E-state index in [-0.39, 0.29) is 0 Å². The van der Waals surface area contributed by atoms with Crippen molar-refractivity contribution in [1.29, 1.82) is 0 Å². The Bertz CT molecular complexity index is 408. The molecule has 1 unspecified atom stereocenters. The molecule has 1 aromatic rings. The maximum atomic E-state index is 4.31. The molecule has 114 valence electrons. The standard InChI is InChI=1S/C16H30N4/c1-5-16(6-2)13-20(14(3)7-8-18-16)12-11-19-10-9-17-15(19)4/h9-10,14,18H,5-8,11-13H2,1-4H3. The fourth-order valence-electron chi connectivity index (χ4n) is 3.23. The van der Waals surface area contributed by atoms with Gasteiger partial charge < -0.3 is 9.88 Å². The van der Waals surface area contributed by atoms with Gasteiger partial charge in [-0.3, -0.25) is 4.90 Å². The highest BCUT2D eigenvalue weighted by Crippen LogP contribution is 2.22. The van der Waals surface area contributed by atoms with Crippen molar-refractivity contribution in [3.8, 4) is 0 Å². The Kier molecular flexibility index (Phi) is 5.22. The first-order valence-electron chi connectivity index (χ1n) is 8.07. The zero-order chi connectivity index (χ0) is 14.6. The van der Waals surface area contributed by atoms with Crippen LogP contribution in [0.25, 0.3) is 0 Å². The number of nitrogens with one attached hydrogen (secondary N) is 1. The Morgan fingerprint density at radius 1 is 1.35 bits per heavy atom. The van der Waals surface area contributed by atoms with Crippen LogP contribution in [0.4, 0.5) is 0 Å². The fraction of sp³-hybridized carbons (Fsp3) is 0.812. The summed E-state index contributed by atoms with van der Waals surface area (Å²) in [5, 5.41) is 3.80. The lowest BCUT2D eigenvalue weighted by atomic mass is 9.92. The number of hydrogen-bond donors (Lipinski definition) is 1. The van der Waals surface area contributed by atoms with E-state index in [2.05, 4.69) is 53.7 Å². The third kappa shape index (κ3) is 3.41. The van der Waals surface area contributed by atoms with Gasteiger partial charge in [0.25, 0.3) is 0 Å². The molecule has 0 aliphatic carbocycles. The Hall–Kier alpha value is -0.870. The summed E-state index contributed by atoms with van der Waals surface area (Å²) in [5.74, 6) is 1.11. The molecule has 0 radical (unpaired) electrons. The highest BCUT2D eigenvalue weighted by atomic mass is 15.2. The van der Waals surface area contributed by atoms with Gasteiger partial charge in [-0.1, -0.05) is 13.8 Å². The van der Waals surface area contributed by atoms with Gasteiger partial charge in [-0.25, -0.2) is 4.98 Å². The van der Waals surface area contributed by atoms with E-state index in [4.69, 9.17) is 0 Å². The number of imidazole rings is 1. The third-order valence-electron chi connectivity index (χ3n) is 5.10. The van der Waals surface area contributed by atoms with E-state index in [0.717, 1.165) is 32.0 Å². The molecule has 1 aliphatic rings. The van der Waals surface area contributed by atoms with Crippen LogP contribution >= 0.6 is 0 Å². The van der Waals surface area contributed by atoms with Gasteiger partial charge in [0.15, 0.2) is 0 Å². The highest BCUT2D eigenvalue weighted by Gasteiger charge is 2.32. The van der Waals surface area contributed by atoms with Gasteiger partial charge in [0.1, 0.15) is 5.82 Å². The summed E-state index contributed by atoms with van der Waals surface area (Å²) >= 11 is 0. The average Bonchev–Trinajstić information content (AvgIpc) is 2.79. The quantitative estimate of drug-likeness (QED) is 0.898. The molecular weight excluding hydrogens is 248 g/mol. The molecule has 20 heavy (non-hydrogen) atoms. The van der Waals surface area contributed by atoms with Crippen molar-refractivity contribution in [3.63, 3.8) is 0 Å². The van der Waals surface area contributed by atoms with Crippen LogP contribution in [-0.2, 0) is 6.54 Å². The van der Waals surface area contributed by atoms with Crippen LogP contribution in [0.15, 0.2) is 12.4 Å². The fourth-order valence-corrected chi connectivity index (χ4v) is 3.23. The molecular formula is C16H30N4. The summed E-state index contributed by atoms with van der Waals surface area (Å²) < 4.78 is 2.25. The maximum absolute atomic E-state index is 4.31. The van der Waals surface area contributed by atoms with Gasteiger partial charge in [0.05, 0.1) is 0 Å². The third-order valence-corrected chi connectivity index (χ3v) is 5.10. The van der Waals surface area contributed by atoms with Crippen LogP contribution in [0, 0.1) is 6.92 Å². The zero-order valence-electron chi connectivity index (χ0n) is 13.5. The summed E-state index contributed by atoms with van der Waals surface area (Å²) in [4.78, 5) is 6.97. The van der Waals surface area contributed by atoms with Crippen LogP contribution in [0.1, 0.15) is 45.9 Å². The number of aryl methyl sites for hydroxylation is 1. The van der Waals surface area contributed by atoms with Gasteiger partial charge in [0.2, 0.25) is 0 Å². The molecule has 0 spiro atoms. The van der Waals surface area contributed by atoms with E-state index in [9.17, 15) is 0 Å². The summed E-state index contributed by atoms with van der Waals surface area (Å²) in [6.07, 6.45) is 7.63. The first-order valence-corrected chi connectivity index (χ1v) is 8.07. The van der Waals surface area contributed by atoms with Crippen LogP contribution in [0.2, 0.25) is 0 Å². The van der Waals surface area contributed by atoms with Crippen molar-refractivity contribution in [2.45, 2.75) is 65.1 Å². The normalized spacial score (nSPS) is 23.7. The van der Waals surface area contributed by atoms with Gasteiger partial charge in [0, 0.05) is 43.6 Å². The summed E-state index contributed by atoms with van der Waals surface area (Å²) in [6, 6.07) is 0.659. The van der Waals surface area contributed by atoms with Crippen LogP contribution < -0.4 is 5.32 Å². The molecule has 2 heterocycles. The lowest BCUT2D eigenvalue weighted by Gasteiger charge is -2.37. The SMILES string of the molecule is CCC1(CC)CN(CCn2ccnc2C)C(C)CCN1. The van der Waals surface area contributed by atoms with E-state index < -0.39 is 0 Å². The monoisotopic (exact) mass is 278 g/mol. The van der Waals surface area contributed by atoms with Gasteiger partial charge in [-0.2, -0.15) is 0 Å². The Balaban J connectivity index is 2.01. The zero-order valence-corrected chi connectivity index (χ0v) is 13.5. The number of nitrogens with zero attached hydrogens (tertiary/aromatic N) is 3. The minimum atomic E-state index is 0.300. The van der Waals surface area contributed by atoms with E-state index in [1.165, 1.54) is 19.3 Å². The predicted octanol–water partition coefficient (Wildman–Crippen LogP) is 2.43. The summed E-state index contributed by atoms with van der Waals surface area (Å²) in [5.41, 5.74) is 0.300. The highest BCUT2D eigenvalue weighted by molar-refractivity contribution is 4.94.